The van der Waals surface area contributed by atoms with E-state index in [2.05, 4.69) is 6.58 Å². The van der Waals surface area contributed by atoms with Crippen LogP contribution >= 0.6 is 0 Å². The molecule has 2 bridgehead atoms. The summed E-state index contributed by atoms with van der Waals surface area (Å²) >= 11 is 0. The summed E-state index contributed by atoms with van der Waals surface area (Å²) in [7, 11) is 1.51. The van der Waals surface area contributed by atoms with Gasteiger partial charge in [0.05, 0.1) is 18.1 Å². The van der Waals surface area contributed by atoms with Gasteiger partial charge in [0, 0.05) is 18.8 Å². The predicted octanol–water partition coefficient (Wildman–Crippen LogP) is 3.48. The van der Waals surface area contributed by atoms with E-state index < -0.39 is 69.9 Å². The summed E-state index contributed by atoms with van der Waals surface area (Å²) in [4.78, 5) is 66.2. The normalized spacial score (nSPS) is 36.5. The Hall–Kier alpha value is -3.49. The molecule has 9 nitrogen and oxygen atoms in total. The molecule has 39 heavy (non-hydrogen) atoms. The number of hydrogen-bond acceptors (Lipinski definition) is 9. The van der Waals surface area contributed by atoms with Gasteiger partial charge in [-0.3, -0.25) is 14.4 Å². The van der Waals surface area contributed by atoms with Crippen LogP contribution in [-0.2, 0) is 33.4 Å². The van der Waals surface area contributed by atoms with Crippen LogP contribution in [0.1, 0.15) is 56.8 Å². The van der Waals surface area contributed by atoms with Crippen LogP contribution in [0.5, 0.6) is 5.75 Å². The Labute approximate surface area is 227 Å². The van der Waals surface area contributed by atoms with Gasteiger partial charge in [-0.15, -0.1) is 0 Å². The maximum Gasteiger partial charge on any atom is 0.338 e. The monoisotopic (exact) mass is 538 g/mol. The van der Waals surface area contributed by atoms with Gasteiger partial charge in [-0.05, 0) is 66.9 Å². The number of carbonyl (C=O) groups excluding carboxylic acids is 5. The van der Waals surface area contributed by atoms with Gasteiger partial charge in [-0.1, -0.05) is 20.4 Å². The molecule has 2 spiro atoms. The molecule has 208 valence electrons. The van der Waals surface area contributed by atoms with Crippen molar-refractivity contribution in [2.45, 2.75) is 58.7 Å². The zero-order valence-corrected chi connectivity index (χ0v) is 22.7. The van der Waals surface area contributed by atoms with Crippen molar-refractivity contribution >= 4 is 30.0 Å². The van der Waals surface area contributed by atoms with E-state index in [0.29, 0.717) is 31.4 Å². The predicted molar refractivity (Wildman–Crippen MR) is 137 cm³/mol. The van der Waals surface area contributed by atoms with Crippen molar-refractivity contribution in [2.75, 3.05) is 13.7 Å². The molecule has 0 unspecified atom stereocenters. The fraction of sp³-hybridized carbons (Fsp3) is 0.567. The van der Waals surface area contributed by atoms with Crippen molar-refractivity contribution in [2.24, 2.45) is 34.0 Å². The summed E-state index contributed by atoms with van der Waals surface area (Å²) in [6.45, 7) is 9.05. The highest BCUT2D eigenvalue weighted by atomic mass is 16.6. The largest absolute Gasteiger partial charge is 0.497 e. The second-order valence-electron chi connectivity index (χ2n) is 11.9. The molecule has 1 heterocycles. The Morgan fingerprint density at radius 3 is 2.38 bits per heavy atom. The molecular formula is C30H34O9. The van der Waals surface area contributed by atoms with E-state index in [1.165, 1.54) is 14.0 Å². The number of carbonyl (C=O) groups is 5. The standard InChI is InChI=1S/C30H34O9/c1-16-20-10-11-21-29(22(14-31)28(3,4)13-12-23(29)38-17(2)32)15-37-27(35)30(21,24(16)33)25(20)39-26(34)18-6-8-19(36-5)9-7-18/h6-9,14,20-23,25H,1,10-13,15H2,2-5H3/t20-,21+,22-,23+,25-,29+,30+/m1/s1. The summed E-state index contributed by atoms with van der Waals surface area (Å²) < 4.78 is 22.8. The first-order valence-corrected chi connectivity index (χ1v) is 13.3. The van der Waals surface area contributed by atoms with Gasteiger partial charge in [-0.2, -0.15) is 0 Å². The summed E-state index contributed by atoms with van der Waals surface area (Å²) in [5, 5.41) is 0. The molecule has 3 saturated carbocycles. The lowest BCUT2D eigenvalue weighted by Gasteiger charge is -2.62. The molecule has 7 atom stereocenters. The van der Waals surface area contributed by atoms with Crippen LogP contribution in [0.3, 0.4) is 0 Å². The van der Waals surface area contributed by atoms with Gasteiger partial charge >= 0.3 is 17.9 Å². The second kappa shape index (κ2) is 9.31. The number of hydrogen-bond donors (Lipinski definition) is 0. The number of Topliss-reactive ketones (excluding diaryl/α,β-unsaturated/α-hetero) is 1. The van der Waals surface area contributed by atoms with Gasteiger partial charge in [0.1, 0.15) is 30.9 Å². The number of methoxy groups -OCH3 is 1. The Morgan fingerprint density at radius 2 is 1.77 bits per heavy atom. The number of ether oxygens (including phenoxy) is 4. The molecule has 1 aliphatic heterocycles. The van der Waals surface area contributed by atoms with Gasteiger partial charge < -0.3 is 23.7 Å². The van der Waals surface area contributed by atoms with Crippen molar-refractivity contribution in [1.82, 2.24) is 0 Å². The number of esters is 3. The average Bonchev–Trinajstić information content (AvgIpc) is 3.02. The van der Waals surface area contributed by atoms with Gasteiger partial charge in [-0.25, -0.2) is 4.79 Å². The van der Waals surface area contributed by atoms with E-state index in [4.69, 9.17) is 18.9 Å². The summed E-state index contributed by atoms with van der Waals surface area (Å²) in [6.07, 6.45) is 0.778. The van der Waals surface area contributed by atoms with Gasteiger partial charge in [0.15, 0.2) is 11.2 Å². The first-order valence-electron chi connectivity index (χ1n) is 13.3. The van der Waals surface area contributed by atoms with Gasteiger partial charge in [0.2, 0.25) is 0 Å². The van der Waals surface area contributed by atoms with Crippen LogP contribution in [0.15, 0.2) is 36.4 Å². The van der Waals surface area contributed by atoms with Gasteiger partial charge in [0.25, 0.3) is 0 Å². The number of aldehydes is 1. The van der Waals surface area contributed by atoms with E-state index in [9.17, 15) is 24.0 Å². The quantitative estimate of drug-likeness (QED) is 0.182. The molecule has 1 aromatic carbocycles. The molecule has 0 radical (unpaired) electrons. The smallest absolute Gasteiger partial charge is 0.338 e. The van der Waals surface area contributed by atoms with Crippen molar-refractivity contribution in [3.63, 3.8) is 0 Å². The Bertz CT molecular complexity index is 1250. The zero-order valence-electron chi connectivity index (χ0n) is 22.7. The summed E-state index contributed by atoms with van der Waals surface area (Å²) in [5.41, 5.74) is -3.13. The molecule has 9 heteroatoms. The number of benzene rings is 1. The molecular weight excluding hydrogens is 504 g/mol. The Morgan fingerprint density at radius 1 is 1.08 bits per heavy atom. The molecule has 0 N–H and O–H groups in total. The number of fused-ring (bicyclic) bond motifs is 2. The van der Waals surface area contributed by atoms with Crippen LogP contribution in [0.4, 0.5) is 0 Å². The minimum Gasteiger partial charge on any atom is -0.497 e. The number of cyclic esters (lactones) is 1. The zero-order chi connectivity index (χ0) is 28.3. The molecule has 0 aromatic heterocycles. The summed E-state index contributed by atoms with van der Waals surface area (Å²) in [5.74, 6) is -3.99. The SMILES string of the molecule is C=C1C(=O)[C@@]23C(=O)OC[C@]4([C@@H](OC(C)=O)CCC(C)(C)[C@H]4C=O)[C@@H]2CC[C@H]1[C@H]3OC(=O)c1ccc(OC)cc1. The van der Waals surface area contributed by atoms with E-state index in [1.807, 2.05) is 13.8 Å². The maximum atomic E-state index is 14.1. The fourth-order valence-electron chi connectivity index (χ4n) is 8.02. The van der Waals surface area contributed by atoms with Crippen LogP contribution < -0.4 is 4.74 Å². The molecule has 0 amide bonds. The molecule has 4 fully saturated rings. The average molecular weight is 539 g/mol. The van der Waals surface area contributed by atoms with Crippen molar-refractivity contribution < 1.29 is 42.9 Å². The van der Waals surface area contributed by atoms with Crippen molar-refractivity contribution in [3.05, 3.63) is 42.0 Å². The second-order valence-corrected chi connectivity index (χ2v) is 11.9. The minimum atomic E-state index is -1.88. The van der Waals surface area contributed by atoms with E-state index in [1.54, 1.807) is 24.3 Å². The lowest BCUT2D eigenvalue weighted by molar-refractivity contribution is -0.250. The lowest BCUT2D eigenvalue weighted by Crippen LogP contribution is -2.71. The summed E-state index contributed by atoms with van der Waals surface area (Å²) in [6, 6.07) is 6.32. The molecule has 3 aliphatic carbocycles. The van der Waals surface area contributed by atoms with Crippen molar-refractivity contribution in [1.29, 1.82) is 0 Å². The Kier molecular flexibility index (Phi) is 6.47. The van der Waals surface area contributed by atoms with E-state index >= 15 is 0 Å². The third-order valence-electron chi connectivity index (χ3n) is 9.76. The van der Waals surface area contributed by atoms with Crippen LogP contribution in [0.2, 0.25) is 0 Å². The topological polar surface area (TPSA) is 122 Å². The minimum absolute atomic E-state index is 0.174. The van der Waals surface area contributed by atoms with Crippen LogP contribution in [-0.4, -0.2) is 55.9 Å². The first kappa shape index (κ1) is 27.1. The van der Waals surface area contributed by atoms with Crippen LogP contribution in [0, 0.1) is 34.0 Å². The van der Waals surface area contributed by atoms with Crippen molar-refractivity contribution in [3.8, 4) is 5.75 Å². The van der Waals surface area contributed by atoms with E-state index in [0.717, 1.165) is 6.29 Å². The number of rotatable bonds is 5. The molecule has 4 aliphatic rings. The lowest BCUT2D eigenvalue weighted by atomic mass is 9.43. The highest BCUT2D eigenvalue weighted by Gasteiger charge is 2.79. The Balaban J connectivity index is 1.64. The highest BCUT2D eigenvalue weighted by Crippen LogP contribution is 2.68. The number of ketones is 1. The third-order valence-corrected chi connectivity index (χ3v) is 9.76. The third kappa shape index (κ3) is 3.68. The highest BCUT2D eigenvalue weighted by molar-refractivity contribution is 6.16. The van der Waals surface area contributed by atoms with Crippen LogP contribution in [0.25, 0.3) is 0 Å². The molecule has 1 aromatic rings. The maximum absolute atomic E-state index is 14.1. The fourth-order valence-corrected chi connectivity index (χ4v) is 8.02. The van der Waals surface area contributed by atoms with E-state index in [-0.39, 0.29) is 17.7 Å². The first-order chi connectivity index (χ1) is 18.4. The molecule has 5 rings (SSSR count). The molecule has 1 saturated heterocycles.